The summed E-state index contributed by atoms with van der Waals surface area (Å²) in [6, 6.07) is 30.5. The molecule has 1 N–H and O–H groups in total. The summed E-state index contributed by atoms with van der Waals surface area (Å²) in [5, 5.41) is 12.1. The Bertz CT molecular complexity index is 1170. The molecule has 0 bridgehead atoms. The van der Waals surface area contributed by atoms with E-state index in [-0.39, 0.29) is 12.3 Å². The topological polar surface area (TPSA) is 57.6 Å². The van der Waals surface area contributed by atoms with Crippen LogP contribution in [0.3, 0.4) is 0 Å². The van der Waals surface area contributed by atoms with Crippen LogP contribution in [0.5, 0.6) is 0 Å². The van der Waals surface area contributed by atoms with Gasteiger partial charge in [0.25, 0.3) is 5.91 Å². The molecule has 1 atom stereocenters. The molecule has 0 unspecified atom stereocenters. The van der Waals surface area contributed by atoms with Crippen molar-refractivity contribution < 1.29 is 14.7 Å². The molecule has 4 aromatic carbocycles. The SMILES string of the molecule is O=C(O)[C@H](Cc1ccccc1)N(C(=O)c1ccccc1)c1ccc2ccccc2c1. The monoisotopic (exact) mass is 395 g/mol. The van der Waals surface area contributed by atoms with E-state index in [1.165, 1.54) is 4.90 Å². The van der Waals surface area contributed by atoms with Crippen molar-refractivity contribution in [3.63, 3.8) is 0 Å². The predicted octanol–water partition coefficient (Wildman–Crippen LogP) is 5.18. The second kappa shape index (κ2) is 8.62. The van der Waals surface area contributed by atoms with Crippen LogP contribution >= 0.6 is 0 Å². The third-order valence-electron chi connectivity index (χ3n) is 5.12. The molecule has 0 fully saturated rings. The third kappa shape index (κ3) is 4.08. The van der Waals surface area contributed by atoms with Gasteiger partial charge in [-0.15, -0.1) is 0 Å². The number of hydrogen-bond donors (Lipinski definition) is 1. The number of anilines is 1. The van der Waals surface area contributed by atoms with Crippen molar-refractivity contribution >= 4 is 28.3 Å². The van der Waals surface area contributed by atoms with Gasteiger partial charge in [-0.25, -0.2) is 4.79 Å². The number of nitrogens with zero attached hydrogens (tertiary/aromatic N) is 1. The maximum Gasteiger partial charge on any atom is 0.327 e. The second-order valence-electron chi connectivity index (χ2n) is 7.12. The Labute approximate surface area is 175 Å². The summed E-state index contributed by atoms with van der Waals surface area (Å²) in [5.74, 6) is -1.38. The summed E-state index contributed by atoms with van der Waals surface area (Å²) in [5.41, 5.74) is 1.87. The molecule has 0 aromatic heterocycles. The number of carboxylic acids is 1. The largest absolute Gasteiger partial charge is 0.480 e. The van der Waals surface area contributed by atoms with Crippen molar-refractivity contribution in [2.45, 2.75) is 12.5 Å². The lowest BCUT2D eigenvalue weighted by Crippen LogP contribution is -2.46. The molecule has 4 nitrogen and oxygen atoms in total. The number of fused-ring (bicyclic) bond motifs is 1. The highest BCUT2D eigenvalue weighted by Gasteiger charge is 2.32. The highest BCUT2D eigenvalue weighted by atomic mass is 16.4. The lowest BCUT2D eigenvalue weighted by Gasteiger charge is -2.30. The van der Waals surface area contributed by atoms with Crippen LogP contribution in [0, 0.1) is 0 Å². The maximum absolute atomic E-state index is 13.5. The fourth-order valence-corrected chi connectivity index (χ4v) is 3.61. The Hall–Kier alpha value is -3.92. The van der Waals surface area contributed by atoms with Crippen LogP contribution in [0.25, 0.3) is 10.8 Å². The van der Waals surface area contributed by atoms with Crippen molar-refractivity contribution in [2.75, 3.05) is 4.90 Å². The van der Waals surface area contributed by atoms with E-state index in [4.69, 9.17) is 0 Å². The van der Waals surface area contributed by atoms with Gasteiger partial charge in [0, 0.05) is 17.7 Å². The lowest BCUT2D eigenvalue weighted by molar-refractivity contribution is -0.138. The zero-order chi connectivity index (χ0) is 20.9. The van der Waals surface area contributed by atoms with Crippen molar-refractivity contribution in [3.8, 4) is 0 Å². The molecule has 4 heteroatoms. The molecule has 1 amide bonds. The zero-order valence-electron chi connectivity index (χ0n) is 16.3. The quantitative estimate of drug-likeness (QED) is 0.489. The van der Waals surface area contributed by atoms with Crippen molar-refractivity contribution in [3.05, 3.63) is 114 Å². The maximum atomic E-state index is 13.5. The van der Waals surface area contributed by atoms with Gasteiger partial charge in [0.15, 0.2) is 0 Å². The standard InChI is InChI=1S/C26H21NO3/c28-25(21-12-5-2-6-13-21)27(23-16-15-20-11-7-8-14-22(20)18-23)24(26(29)30)17-19-9-3-1-4-10-19/h1-16,18,24H,17H2,(H,29,30)/t24-/m0/s1. The Morgan fingerprint density at radius 3 is 2.00 bits per heavy atom. The van der Waals surface area contributed by atoms with Crippen LogP contribution < -0.4 is 4.90 Å². The first kappa shape index (κ1) is 19.4. The number of benzene rings is 4. The summed E-state index contributed by atoms with van der Waals surface area (Å²) in [4.78, 5) is 27.2. The summed E-state index contributed by atoms with van der Waals surface area (Å²) >= 11 is 0. The summed E-state index contributed by atoms with van der Waals surface area (Å²) in [6.45, 7) is 0. The number of aliphatic carboxylic acids is 1. The predicted molar refractivity (Wildman–Crippen MR) is 119 cm³/mol. The highest BCUT2D eigenvalue weighted by molar-refractivity contribution is 6.10. The first-order chi connectivity index (χ1) is 14.6. The molecular weight excluding hydrogens is 374 g/mol. The molecule has 0 aliphatic heterocycles. The highest BCUT2D eigenvalue weighted by Crippen LogP contribution is 2.27. The van der Waals surface area contributed by atoms with Gasteiger partial charge in [0.1, 0.15) is 6.04 Å². The van der Waals surface area contributed by atoms with Gasteiger partial charge in [-0.05, 0) is 40.6 Å². The summed E-state index contributed by atoms with van der Waals surface area (Å²) in [6.07, 6.45) is 0.210. The Morgan fingerprint density at radius 2 is 1.33 bits per heavy atom. The van der Waals surface area contributed by atoms with Gasteiger partial charge in [-0.1, -0.05) is 78.9 Å². The molecule has 0 aliphatic rings. The number of hydrogen-bond acceptors (Lipinski definition) is 2. The van der Waals surface area contributed by atoms with E-state index in [1.807, 2.05) is 78.9 Å². The van der Waals surface area contributed by atoms with Crippen molar-refractivity contribution in [2.24, 2.45) is 0 Å². The van der Waals surface area contributed by atoms with Gasteiger partial charge in [0.2, 0.25) is 0 Å². The fourth-order valence-electron chi connectivity index (χ4n) is 3.61. The summed E-state index contributed by atoms with van der Waals surface area (Å²) in [7, 11) is 0. The lowest BCUT2D eigenvalue weighted by atomic mass is 10.0. The molecular formula is C26H21NO3. The van der Waals surface area contributed by atoms with E-state index in [0.717, 1.165) is 16.3 Å². The average Bonchev–Trinajstić information content (AvgIpc) is 2.79. The third-order valence-corrected chi connectivity index (χ3v) is 5.12. The van der Waals surface area contributed by atoms with E-state index in [2.05, 4.69) is 0 Å². The average molecular weight is 395 g/mol. The first-order valence-corrected chi connectivity index (χ1v) is 9.77. The van der Waals surface area contributed by atoms with Gasteiger partial charge < -0.3 is 5.11 Å². The molecule has 0 saturated heterocycles. The minimum Gasteiger partial charge on any atom is -0.480 e. The molecule has 0 spiro atoms. The first-order valence-electron chi connectivity index (χ1n) is 9.77. The molecule has 4 aromatic rings. The Morgan fingerprint density at radius 1 is 0.733 bits per heavy atom. The molecule has 148 valence electrons. The number of rotatable bonds is 6. The second-order valence-corrected chi connectivity index (χ2v) is 7.12. The summed E-state index contributed by atoms with van der Waals surface area (Å²) < 4.78 is 0. The van der Waals surface area contributed by atoms with Crippen LogP contribution in [-0.4, -0.2) is 23.0 Å². The van der Waals surface area contributed by atoms with Crippen molar-refractivity contribution in [1.29, 1.82) is 0 Å². The number of carbonyl (C=O) groups excluding carboxylic acids is 1. The number of carbonyl (C=O) groups is 2. The van der Waals surface area contributed by atoms with E-state index in [0.29, 0.717) is 11.3 Å². The van der Waals surface area contributed by atoms with Crippen LogP contribution in [0.2, 0.25) is 0 Å². The molecule has 30 heavy (non-hydrogen) atoms. The van der Waals surface area contributed by atoms with E-state index < -0.39 is 12.0 Å². The van der Waals surface area contributed by atoms with Gasteiger partial charge in [0.05, 0.1) is 0 Å². The van der Waals surface area contributed by atoms with Gasteiger partial charge >= 0.3 is 5.97 Å². The molecule has 0 saturated carbocycles. The Kier molecular flexibility index (Phi) is 5.57. The number of amides is 1. The van der Waals surface area contributed by atoms with Crippen molar-refractivity contribution in [1.82, 2.24) is 0 Å². The minimum atomic E-state index is -1.05. The van der Waals surface area contributed by atoms with Gasteiger partial charge in [-0.3, -0.25) is 9.69 Å². The Balaban J connectivity index is 1.82. The zero-order valence-corrected chi connectivity index (χ0v) is 16.3. The molecule has 0 radical (unpaired) electrons. The molecule has 0 heterocycles. The number of carboxylic acid groups (broad SMARTS) is 1. The van der Waals surface area contributed by atoms with E-state index in [1.54, 1.807) is 24.3 Å². The van der Waals surface area contributed by atoms with Crippen LogP contribution in [0.15, 0.2) is 103 Å². The van der Waals surface area contributed by atoms with Crippen LogP contribution in [0.1, 0.15) is 15.9 Å². The molecule has 0 aliphatic carbocycles. The normalized spacial score (nSPS) is 11.7. The van der Waals surface area contributed by atoms with E-state index >= 15 is 0 Å². The van der Waals surface area contributed by atoms with E-state index in [9.17, 15) is 14.7 Å². The minimum absolute atomic E-state index is 0.210. The van der Waals surface area contributed by atoms with Crippen LogP contribution in [0.4, 0.5) is 5.69 Å². The van der Waals surface area contributed by atoms with Gasteiger partial charge in [-0.2, -0.15) is 0 Å². The van der Waals surface area contributed by atoms with Crippen LogP contribution in [-0.2, 0) is 11.2 Å². The smallest absolute Gasteiger partial charge is 0.327 e. The molecule has 4 rings (SSSR count). The fraction of sp³-hybridized carbons (Fsp3) is 0.0769.